The van der Waals surface area contributed by atoms with E-state index < -0.39 is 5.82 Å². The number of nitrogens with one attached hydrogen (secondary N) is 1. The molecule has 0 spiro atoms. The highest BCUT2D eigenvalue weighted by Gasteiger charge is 2.27. The van der Waals surface area contributed by atoms with Crippen LogP contribution in [-0.2, 0) is 6.54 Å². The fourth-order valence-electron chi connectivity index (χ4n) is 3.96. The van der Waals surface area contributed by atoms with E-state index in [1.807, 2.05) is 35.2 Å². The summed E-state index contributed by atoms with van der Waals surface area (Å²) >= 11 is 0. The van der Waals surface area contributed by atoms with Gasteiger partial charge in [0.15, 0.2) is 11.5 Å². The van der Waals surface area contributed by atoms with E-state index in [1.54, 1.807) is 17.0 Å². The first-order chi connectivity index (χ1) is 16.1. The van der Waals surface area contributed by atoms with Gasteiger partial charge in [-0.3, -0.25) is 9.69 Å². The van der Waals surface area contributed by atoms with Gasteiger partial charge >= 0.3 is 6.03 Å². The van der Waals surface area contributed by atoms with E-state index in [0.717, 1.165) is 23.4 Å². The Labute approximate surface area is 190 Å². The van der Waals surface area contributed by atoms with Crippen molar-refractivity contribution in [2.24, 2.45) is 0 Å². The van der Waals surface area contributed by atoms with E-state index in [2.05, 4.69) is 5.32 Å². The van der Waals surface area contributed by atoms with Crippen molar-refractivity contribution < 1.29 is 23.5 Å². The topological polar surface area (TPSA) is 71.1 Å². The minimum absolute atomic E-state index is 0.0676. The summed E-state index contributed by atoms with van der Waals surface area (Å²) in [5.41, 5.74) is 2.70. The van der Waals surface area contributed by atoms with Crippen LogP contribution in [0.25, 0.3) is 0 Å². The summed E-state index contributed by atoms with van der Waals surface area (Å²) in [7, 11) is 0. The van der Waals surface area contributed by atoms with Crippen LogP contribution in [0.2, 0.25) is 0 Å². The van der Waals surface area contributed by atoms with E-state index in [9.17, 15) is 14.0 Å². The molecule has 1 fully saturated rings. The quantitative estimate of drug-likeness (QED) is 0.619. The van der Waals surface area contributed by atoms with Gasteiger partial charge in [0, 0.05) is 36.6 Å². The van der Waals surface area contributed by atoms with Gasteiger partial charge in [0.05, 0.1) is 0 Å². The summed E-state index contributed by atoms with van der Waals surface area (Å²) in [6.45, 7) is 2.00. The second-order valence-electron chi connectivity index (χ2n) is 7.90. The molecular weight excluding hydrogens is 425 g/mol. The van der Waals surface area contributed by atoms with E-state index in [0.29, 0.717) is 36.6 Å². The average Bonchev–Trinajstić information content (AvgIpc) is 3.29. The maximum Gasteiger partial charge on any atom is 0.324 e. The molecule has 0 aliphatic carbocycles. The molecule has 0 saturated carbocycles. The SMILES string of the molecule is O=C(Nc1ccc(N2CCCN(Cc3ccc4c(c3)OCO4)C2=O)cc1)c1ccc(F)cc1. The van der Waals surface area contributed by atoms with E-state index in [1.165, 1.54) is 24.3 Å². The summed E-state index contributed by atoms with van der Waals surface area (Å²) in [5, 5.41) is 2.78. The van der Waals surface area contributed by atoms with Gasteiger partial charge in [-0.25, -0.2) is 9.18 Å². The van der Waals surface area contributed by atoms with Gasteiger partial charge in [0.1, 0.15) is 5.82 Å². The Morgan fingerprint density at radius 3 is 2.48 bits per heavy atom. The average molecular weight is 447 g/mol. The molecule has 2 aliphatic heterocycles. The molecule has 0 aromatic heterocycles. The van der Waals surface area contributed by atoms with Crippen LogP contribution in [-0.4, -0.2) is 36.7 Å². The third-order valence-electron chi connectivity index (χ3n) is 5.66. The molecule has 33 heavy (non-hydrogen) atoms. The predicted octanol–water partition coefficient (Wildman–Crippen LogP) is 4.64. The number of nitrogens with zero attached hydrogens (tertiary/aromatic N) is 2. The molecule has 0 atom stereocenters. The molecule has 0 bridgehead atoms. The second kappa shape index (κ2) is 8.82. The van der Waals surface area contributed by atoms with E-state index >= 15 is 0 Å². The van der Waals surface area contributed by atoms with Crippen molar-refractivity contribution in [3.63, 3.8) is 0 Å². The Morgan fingerprint density at radius 1 is 0.939 bits per heavy atom. The van der Waals surface area contributed by atoms with Crippen LogP contribution in [0.1, 0.15) is 22.3 Å². The largest absolute Gasteiger partial charge is 0.454 e. The summed E-state index contributed by atoms with van der Waals surface area (Å²) in [4.78, 5) is 29.0. The fraction of sp³-hybridized carbons (Fsp3) is 0.200. The monoisotopic (exact) mass is 447 g/mol. The lowest BCUT2D eigenvalue weighted by atomic mass is 10.1. The number of rotatable bonds is 5. The van der Waals surface area contributed by atoms with Crippen LogP contribution < -0.4 is 19.7 Å². The number of urea groups is 1. The highest BCUT2D eigenvalue weighted by atomic mass is 19.1. The standard InChI is InChI=1S/C25H22FN3O4/c26-19-5-3-18(4-6-19)24(30)27-20-7-9-21(10-8-20)29-13-1-12-28(25(29)31)15-17-2-11-22-23(14-17)33-16-32-22/h2-11,14H,1,12-13,15-16H2,(H,27,30). The summed E-state index contributed by atoms with van der Waals surface area (Å²) < 4.78 is 23.8. The van der Waals surface area contributed by atoms with Gasteiger partial charge in [0.25, 0.3) is 5.91 Å². The molecule has 3 aromatic carbocycles. The first-order valence-electron chi connectivity index (χ1n) is 10.7. The second-order valence-corrected chi connectivity index (χ2v) is 7.90. The van der Waals surface area contributed by atoms with Crippen molar-refractivity contribution >= 4 is 23.3 Å². The number of hydrogen-bond donors (Lipinski definition) is 1. The highest BCUT2D eigenvalue weighted by Crippen LogP contribution is 2.33. The third kappa shape index (κ3) is 4.45. The molecule has 2 heterocycles. The fourth-order valence-corrected chi connectivity index (χ4v) is 3.96. The number of halogens is 1. The summed E-state index contributed by atoms with van der Waals surface area (Å²) in [6.07, 6.45) is 0.847. The molecule has 1 saturated heterocycles. The lowest BCUT2D eigenvalue weighted by Gasteiger charge is -2.35. The molecule has 3 amide bonds. The van der Waals surface area contributed by atoms with Crippen LogP contribution in [0.15, 0.2) is 66.7 Å². The van der Waals surface area contributed by atoms with E-state index in [-0.39, 0.29) is 18.7 Å². The van der Waals surface area contributed by atoms with Crippen molar-refractivity contribution in [3.05, 3.63) is 83.7 Å². The van der Waals surface area contributed by atoms with Crippen molar-refractivity contribution in [1.29, 1.82) is 0 Å². The Hall–Kier alpha value is -4.07. The first kappa shape index (κ1) is 20.8. The number of amides is 3. The summed E-state index contributed by atoms with van der Waals surface area (Å²) in [5.74, 6) is 0.699. The first-order valence-corrected chi connectivity index (χ1v) is 10.7. The van der Waals surface area contributed by atoms with Gasteiger partial charge in [-0.2, -0.15) is 0 Å². The van der Waals surface area contributed by atoms with Gasteiger partial charge in [-0.05, 0) is 72.6 Å². The number of carbonyl (C=O) groups is 2. The van der Waals surface area contributed by atoms with Gasteiger partial charge in [-0.1, -0.05) is 6.07 Å². The Bertz CT molecular complexity index is 1180. The zero-order chi connectivity index (χ0) is 22.8. The smallest absolute Gasteiger partial charge is 0.324 e. The third-order valence-corrected chi connectivity index (χ3v) is 5.66. The molecule has 0 unspecified atom stereocenters. The number of benzene rings is 3. The molecular formula is C25H22FN3O4. The molecule has 3 aromatic rings. The van der Waals surface area contributed by atoms with Crippen LogP contribution in [0.3, 0.4) is 0 Å². The number of anilines is 2. The maximum absolute atomic E-state index is 13.1. The lowest BCUT2D eigenvalue weighted by molar-refractivity contribution is 0.102. The molecule has 168 valence electrons. The Morgan fingerprint density at radius 2 is 1.70 bits per heavy atom. The lowest BCUT2D eigenvalue weighted by Crippen LogP contribution is -2.49. The Balaban J connectivity index is 1.24. The molecule has 8 heteroatoms. The normalized spacial score (nSPS) is 15.0. The van der Waals surface area contributed by atoms with Gasteiger partial charge < -0.3 is 19.7 Å². The van der Waals surface area contributed by atoms with Crippen LogP contribution >= 0.6 is 0 Å². The van der Waals surface area contributed by atoms with Crippen LogP contribution in [0.4, 0.5) is 20.6 Å². The number of carbonyl (C=O) groups excluding carboxylic acids is 2. The van der Waals surface area contributed by atoms with Gasteiger partial charge in [0.2, 0.25) is 6.79 Å². The number of hydrogen-bond acceptors (Lipinski definition) is 4. The minimum atomic E-state index is -0.394. The number of ether oxygens (including phenoxy) is 2. The van der Waals surface area contributed by atoms with E-state index in [4.69, 9.17) is 9.47 Å². The highest BCUT2D eigenvalue weighted by molar-refractivity contribution is 6.04. The zero-order valence-corrected chi connectivity index (χ0v) is 17.8. The predicted molar refractivity (Wildman–Crippen MR) is 121 cm³/mol. The molecule has 0 radical (unpaired) electrons. The maximum atomic E-state index is 13.1. The summed E-state index contributed by atoms with van der Waals surface area (Å²) in [6, 6.07) is 18.1. The molecule has 5 rings (SSSR count). The van der Waals surface area contributed by atoms with Crippen molar-refractivity contribution in [2.75, 3.05) is 30.1 Å². The molecule has 1 N–H and O–H groups in total. The van der Waals surface area contributed by atoms with Crippen molar-refractivity contribution in [1.82, 2.24) is 4.90 Å². The Kier molecular flexibility index (Phi) is 5.56. The van der Waals surface area contributed by atoms with Crippen molar-refractivity contribution in [3.8, 4) is 11.5 Å². The van der Waals surface area contributed by atoms with Gasteiger partial charge in [-0.15, -0.1) is 0 Å². The van der Waals surface area contributed by atoms with Crippen LogP contribution in [0.5, 0.6) is 11.5 Å². The number of fused-ring (bicyclic) bond motifs is 1. The van der Waals surface area contributed by atoms with Crippen LogP contribution in [0, 0.1) is 5.82 Å². The zero-order valence-electron chi connectivity index (χ0n) is 17.8. The molecule has 7 nitrogen and oxygen atoms in total. The molecule has 2 aliphatic rings. The minimum Gasteiger partial charge on any atom is -0.454 e. The van der Waals surface area contributed by atoms with Crippen molar-refractivity contribution in [2.45, 2.75) is 13.0 Å².